The number of amides is 1. The zero-order valence-electron chi connectivity index (χ0n) is 7.48. The molecule has 1 rings (SSSR count). The summed E-state index contributed by atoms with van der Waals surface area (Å²) in [5.74, 6) is -4.92. The van der Waals surface area contributed by atoms with Crippen LogP contribution in [0, 0.1) is 17.7 Å². The molecule has 1 aromatic rings. The van der Waals surface area contributed by atoms with Crippen LogP contribution < -0.4 is 5.12 Å². The second-order valence-corrected chi connectivity index (χ2v) is 2.43. The van der Waals surface area contributed by atoms with Crippen molar-refractivity contribution in [1.82, 2.24) is 0 Å². The van der Waals surface area contributed by atoms with Crippen LogP contribution in [0.3, 0.4) is 0 Å². The summed E-state index contributed by atoms with van der Waals surface area (Å²) in [6, 6.07) is 2.50. The van der Waals surface area contributed by atoms with Gasteiger partial charge in [0.25, 0.3) is 0 Å². The molecule has 0 aromatic heterocycles. The van der Waals surface area contributed by atoms with Gasteiger partial charge in [0, 0.05) is 39.0 Å². The van der Waals surface area contributed by atoms with Crippen LogP contribution in [0.5, 0.6) is 0 Å². The van der Waals surface area contributed by atoms with Gasteiger partial charge in [-0.1, -0.05) is 0 Å². The topological polar surface area (TPSA) is 20.3 Å². The van der Waals surface area contributed by atoms with Crippen molar-refractivity contribution in [2.45, 2.75) is 6.43 Å². The average Bonchev–Trinajstić information content (AvgIpc) is 2.15. The summed E-state index contributed by atoms with van der Waals surface area (Å²) in [5.41, 5.74) is -1.11. The standard InChI is InChI=1S/C8H3F5NO.Ti/c9-4-1-2-6(5(10)3-4)14(13)8(15)7(11)12;/h1-2,7H;/q-1;. The molecule has 0 aliphatic heterocycles. The molecule has 0 unspecified atom stereocenters. The van der Waals surface area contributed by atoms with Gasteiger partial charge in [-0.3, -0.25) is 4.79 Å². The predicted molar refractivity (Wildman–Crippen MR) is 39.8 cm³/mol. The monoisotopic (exact) mass is 272 g/mol. The third kappa shape index (κ3) is 3.28. The molecule has 0 heterocycles. The molecule has 0 fully saturated rings. The maximum absolute atomic E-state index is 12.8. The van der Waals surface area contributed by atoms with E-state index in [9.17, 15) is 26.8 Å². The maximum Gasteiger partial charge on any atom is 0.317 e. The minimum Gasteiger partial charge on any atom is -0.266 e. The molecule has 0 atom stereocenters. The van der Waals surface area contributed by atoms with Crippen molar-refractivity contribution < 1.29 is 48.6 Å². The Bertz CT molecular complexity index is 387. The number of alkyl halides is 2. The van der Waals surface area contributed by atoms with Crippen LogP contribution in [0.25, 0.3) is 0 Å². The number of hydrogen-bond donors (Lipinski definition) is 0. The van der Waals surface area contributed by atoms with Crippen LogP contribution in [-0.4, -0.2) is 12.3 Å². The van der Waals surface area contributed by atoms with Crippen molar-refractivity contribution >= 4 is 11.6 Å². The maximum atomic E-state index is 12.8. The molecular formula is C8H3F5NOTi-. The second kappa shape index (κ2) is 5.96. The van der Waals surface area contributed by atoms with E-state index in [2.05, 4.69) is 0 Å². The number of anilines is 1. The molecule has 1 aromatic carbocycles. The summed E-state index contributed by atoms with van der Waals surface area (Å²) >= 11 is 0. The predicted octanol–water partition coefficient (Wildman–Crippen LogP) is 2.25. The Labute approximate surface area is 102 Å². The summed E-state index contributed by atoms with van der Waals surface area (Å²) in [6.07, 6.45) is -3.61. The minimum absolute atomic E-state index is 0. The quantitative estimate of drug-likeness (QED) is 0.350. The Morgan fingerprint density at radius 3 is 2.31 bits per heavy atom. The zero-order chi connectivity index (χ0) is 11.6. The van der Waals surface area contributed by atoms with Crippen LogP contribution in [0.2, 0.25) is 0 Å². The Hall–Kier alpha value is -0.946. The molecule has 8 heteroatoms. The summed E-state index contributed by atoms with van der Waals surface area (Å²) in [6.45, 7) is 0. The van der Waals surface area contributed by atoms with Crippen molar-refractivity contribution in [3.63, 3.8) is 0 Å². The summed E-state index contributed by atoms with van der Waals surface area (Å²) < 4.78 is 61.3. The normalized spacial score (nSPS) is 9.88. The van der Waals surface area contributed by atoms with Crippen molar-refractivity contribution in [3.8, 4) is 0 Å². The molecule has 0 spiro atoms. The van der Waals surface area contributed by atoms with Gasteiger partial charge in [0.05, 0.1) is 0 Å². The number of halogens is 5. The SMILES string of the molecule is O=C(C(F)F)N(F)c1ccc(F)[c-]c1F.[Ti]. The van der Waals surface area contributed by atoms with E-state index in [4.69, 9.17) is 0 Å². The largest absolute Gasteiger partial charge is 0.317 e. The molecule has 16 heavy (non-hydrogen) atoms. The van der Waals surface area contributed by atoms with Crippen LogP contribution in [-0.2, 0) is 26.5 Å². The van der Waals surface area contributed by atoms with Gasteiger partial charge >= 0.3 is 12.3 Å². The first-order valence-corrected chi connectivity index (χ1v) is 3.58. The Morgan fingerprint density at radius 1 is 1.31 bits per heavy atom. The van der Waals surface area contributed by atoms with E-state index in [1.54, 1.807) is 0 Å². The first-order chi connectivity index (χ1) is 6.93. The van der Waals surface area contributed by atoms with Crippen molar-refractivity contribution in [3.05, 3.63) is 29.8 Å². The minimum atomic E-state index is -3.61. The molecular weight excluding hydrogens is 269 g/mol. The van der Waals surface area contributed by atoms with Gasteiger partial charge in [-0.2, -0.15) is 13.9 Å². The Kier molecular flexibility index (Phi) is 5.60. The van der Waals surface area contributed by atoms with Crippen LogP contribution in [0.15, 0.2) is 12.1 Å². The van der Waals surface area contributed by atoms with E-state index in [-0.39, 0.29) is 21.7 Å². The fourth-order valence-electron chi connectivity index (χ4n) is 0.792. The van der Waals surface area contributed by atoms with Gasteiger partial charge in [0.15, 0.2) is 0 Å². The first kappa shape index (κ1) is 15.1. The molecule has 0 radical (unpaired) electrons. The van der Waals surface area contributed by atoms with Gasteiger partial charge < -0.3 is 0 Å². The van der Waals surface area contributed by atoms with Gasteiger partial charge in [-0.05, 0) is 0 Å². The molecule has 0 bridgehead atoms. The molecule has 0 aliphatic rings. The third-order valence-electron chi connectivity index (χ3n) is 1.43. The van der Waals surface area contributed by atoms with E-state index in [0.717, 1.165) is 0 Å². The Balaban J connectivity index is 0.00000225. The third-order valence-corrected chi connectivity index (χ3v) is 1.43. The molecule has 0 N–H and O–H groups in total. The average molecular weight is 272 g/mol. The van der Waals surface area contributed by atoms with E-state index in [0.29, 0.717) is 12.1 Å². The van der Waals surface area contributed by atoms with E-state index < -0.39 is 34.8 Å². The number of carbonyl (C=O) groups excluding carboxylic acids is 1. The Morgan fingerprint density at radius 2 is 1.88 bits per heavy atom. The van der Waals surface area contributed by atoms with E-state index >= 15 is 0 Å². The number of carbonyl (C=O) groups is 1. The van der Waals surface area contributed by atoms with Gasteiger partial charge in [0.2, 0.25) is 0 Å². The van der Waals surface area contributed by atoms with Crippen molar-refractivity contribution in [2.75, 3.05) is 5.12 Å². The molecule has 0 saturated carbocycles. The number of benzene rings is 1. The van der Waals surface area contributed by atoms with Crippen molar-refractivity contribution in [2.24, 2.45) is 0 Å². The van der Waals surface area contributed by atoms with Crippen LogP contribution in [0.1, 0.15) is 0 Å². The van der Waals surface area contributed by atoms with Crippen molar-refractivity contribution in [1.29, 1.82) is 0 Å². The van der Waals surface area contributed by atoms with E-state index in [1.165, 1.54) is 6.07 Å². The van der Waals surface area contributed by atoms with Gasteiger partial charge in [-0.25, -0.2) is 8.78 Å². The number of hydrogen-bond acceptors (Lipinski definition) is 1. The molecule has 86 valence electrons. The van der Waals surface area contributed by atoms with Crippen LogP contribution in [0.4, 0.5) is 27.7 Å². The molecule has 0 aliphatic carbocycles. The summed E-state index contributed by atoms with van der Waals surface area (Å²) in [4.78, 5) is 10.4. The molecule has 2 nitrogen and oxygen atoms in total. The fourth-order valence-corrected chi connectivity index (χ4v) is 0.792. The van der Waals surface area contributed by atoms with Gasteiger partial charge in [0.1, 0.15) is 0 Å². The molecule has 1 amide bonds. The van der Waals surface area contributed by atoms with E-state index in [1.807, 2.05) is 0 Å². The zero-order valence-corrected chi connectivity index (χ0v) is 9.04. The smallest absolute Gasteiger partial charge is 0.266 e. The first-order valence-electron chi connectivity index (χ1n) is 3.58. The summed E-state index contributed by atoms with van der Waals surface area (Å²) in [7, 11) is 0. The molecule has 0 saturated heterocycles. The number of rotatable bonds is 2. The van der Waals surface area contributed by atoms with Gasteiger partial charge in [-0.15, -0.1) is 22.7 Å². The number of nitrogens with zero attached hydrogens (tertiary/aromatic N) is 1. The van der Waals surface area contributed by atoms with Crippen LogP contribution >= 0.6 is 0 Å². The summed E-state index contributed by atoms with van der Waals surface area (Å²) in [5, 5.41) is -1.09. The fraction of sp³-hybridized carbons (Fsp3) is 0.125. The second-order valence-electron chi connectivity index (χ2n) is 2.43.